The van der Waals surface area contributed by atoms with Crippen LogP contribution >= 0.6 is 11.8 Å². The molecule has 2 unspecified atom stereocenters. The van der Waals surface area contributed by atoms with Gasteiger partial charge in [0.1, 0.15) is 5.69 Å². The molecule has 0 saturated carbocycles. The molecule has 0 aromatic carbocycles. The van der Waals surface area contributed by atoms with Crippen LogP contribution in [0.15, 0.2) is 28.9 Å². The highest BCUT2D eigenvalue weighted by molar-refractivity contribution is 7.99. The third-order valence-corrected chi connectivity index (χ3v) is 4.58. The second kappa shape index (κ2) is 6.37. The molecule has 1 saturated heterocycles. The van der Waals surface area contributed by atoms with Crippen molar-refractivity contribution < 1.29 is 4.52 Å². The second-order valence-corrected chi connectivity index (χ2v) is 5.95. The lowest BCUT2D eigenvalue weighted by Crippen LogP contribution is -2.34. The van der Waals surface area contributed by atoms with Gasteiger partial charge in [0.05, 0.1) is 5.92 Å². The van der Waals surface area contributed by atoms with Crippen molar-refractivity contribution in [1.29, 1.82) is 0 Å². The predicted molar refractivity (Wildman–Crippen MR) is 79.7 cm³/mol. The molecule has 1 fully saturated rings. The fourth-order valence-corrected chi connectivity index (χ4v) is 3.68. The summed E-state index contributed by atoms with van der Waals surface area (Å²) in [6.45, 7) is 3.21. The fourth-order valence-electron chi connectivity index (χ4n) is 2.31. The number of pyridine rings is 1. The van der Waals surface area contributed by atoms with E-state index in [-0.39, 0.29) is 0 Å². The SMILES string of the molecule is CCCNC1CSCC1c1nc(-c2ccccn2)no1. The number of hydrogen-bond acceptors (Lipinski definition) is 6. The van der Waals surface area contributed by atoms with E-state index in [1.807, 2.05) is 30.0 Å². The Balaban J connectivity index is 1.76. The number of nitrogens with one attached hydrogen (secondary N) is 1. The van der Waals surface area contributed by atoms with Crippen LogP contribution in [-0.2, 0) is 0 Å². The van der Waals surface area contributed by atoms with E-state index in [0.717, 1.165) is 36.1 Å². The summed E-state index contributed by atoms with van der Waals surface area (Å²) in [6, 6.07) is 6.13. The van der Waals surface area contributed by atoms with E-state index in [2.05, 4.69) is 27.4 Å². The Labute approximate surface area is 122 Å². The van der Waals surface area contributed by atoms with Crippen LogP contribution in [0.1, 0.15) is 25.2 Å². The van der Waals surface area contributed by atoms with Gasteiger partial charge in [-0.25, -0.2) is 0 Å². The number of thioether (sulfide) groups is 1. The number of hydrogen-bond donors (Lipinski definition) is 1. The maximum atomic E-state index is 5.46. The molecule has 6 heteroatoms. The van der Waals surface area contributed by atoms with E-state index in [9.17, 15) is 0 Å². The molecule has 5 nitrogen and oxygen atoms in total. The van der Waals surface area contributed by atoms with Crippen molar-refractivity contribution in [3.05, 3.63) is 30.3 Å². The molecule has 106 valence electrons. The maximum Gasteiger partial charge on any atom is 0.232 e. The smallest absolute Gasteiger partial charge is 0.232 e. The van der Waals surface area contributed by atoms with Gasteiger partial charge < -0.3 is 9.84 Å². The molecule has 3 heterocycles. The summed E-state index contributed by atoms with van der Waals surface area (Å²) >= 11 is 1.93. The first-order valence-electron chi connectivity index (χ1n) is 6.94. The largest absolute Gasteiger partial charge is 0.339 e. The van der Waals surface area contributed by atoms with Crippen molar-refractivity contribution in [2.45, 2.75) is 25.3 Å². The molecular weight excluding hydrogens is 272 g/mol. The zero-order chi connectivity index (χ0) is 13.8. The molecule has 3 rings (SSSR count). The van der Waals surface area contributed by atoms with Gasteiger partial charge in [0.2, 0.25) is 11.7 Å². The van der Waals surface area contributed by atoms with Crippen LogP contribution in [0.5, 0.6) is 0 Å². The molecule has 2 atom stereocenters. The molecule has 0 bridgehead atoms. The highest BCUT2D eigenvalue weighted by Gasteiger charge is 2.33. The van der Waals surface area contributed by atoms with E-state index >= 15 is 0 Å². The average molecular weight is 290 g/mol. The third-order valence-electron chi connectivity index (χ3n) is 3.39. The van der Waals surface area contributed by atoms with Crippen molar-refractivity contribution in [3.8, 4) is 11.5 Å². The molecule has 1 N–H and O–H groups in total. The molecule has 1 aliphatic heterocycles. The predicted octanol–water partition coefficient (Wildman–Crippen LogP) is 2.33. The first-order valence-corrected chi connectivity index (χ1v) is 8.10. The second-order valence-electron chi connectivity index (χ2n) is 4.88. The van der Waals surface area contributed by atoms with Gasteiger partial charge in [-0.1, -0.05) is 18.1 Å². The average Bonchev–Trinajstić information content (AvgIpc) is 3.14. The lowest BCUT2D eigenvalue weighted by atomic mass is 10.0. The molecule has 0 amide bonds. The topological polar surface area (TPSA) is 63.8 Å². The Hall–Kier alpha value is -1.40. The monoisotopic (exact) mass is 290 g/mol. The van der Waals surface area contributed by atoms with E-state index in [0.29, 0.717) is 17.8 Å². The van der Waals surface area contributed by atoms with Gasteiger partial charge in [-0.3, -0.25) is 4.98 Å². The Morgan fingerprint density at radius 2 is 2.35 bits per heavy atom. The van der Waals surface area contributed by atoms with E-state index in [1.165, 1.54) is 0 Å². The van der Waals surface area contributed by atoms with Gasteiger partial charge in [-0.2, -0.15) is 16.7 Å². The lowest BCUT2D eigenvalue weighted by Gasteiger charge is -2.16. The highest BCUT2D eigenvalue weighted by Crippen LogP contribution is 2.32. The minimum atomic E-state index is 0.302. The Morgan fingerprint density at radius 1 is 1.40 bits per heavy atom. The standard InChI is InChI=1S/C14H18N4OS/c1-2-6-15-12-9-20-8-10(12)14-17-13(18-19-14)11-5-3-4-7-16-11/h3-5,7,10,12,15H,2,6,8-9H2,1H3. The maximum absolute atomic E-state index is 5.46. The van der Waals surface area contributed by atoms with Crippen LogP contribution in [0.25, 0.3) is 11.5 Å². The summed E-state index contributed by atoms with van der Waals surface area (Å²) in [4.78, 5) is 8.78. The number of rotatable bonds is 5. The van der Waals surface area contributed by atoms with Crippen LogP contribution in [0, 0.1) is 0 Å². The van der Waals surface area contributed by atoms with Crippen molar-refractivity contribution >= 4 is 11.8 Å². The van der Waals surface area contributed by atoms with Crippen molar-refractivity contribution in [1.82, 2.24) is 20.4 Å². The first kappa shape index (κ1) is 13.6. The summed E-state index contributed by atoms with van der Waals surface area (Å²) in [5, 5.41) is 7.62. The minimum absolute atomic E-state index is 0.302. The van der Waals surface area contributed by atoms with Crippen LogP contribution < -0.4 is 5.32 Å². The van der Waals surface area contributed by atoms with E-state index in [4.69, 9.17) is 4.52 Å². The van der Waals surface area contributed by atoms with Crippen LogP contribution in [0.3, 0.4) is 0 Å². The fraction of sp³-hybridized carbons (Fsp3) is 0.500. The van der Waals surface area contributed by atoms with Crippen LogP contribution in [0.2, 0.25) is 0 Å². The molecule has 2 aromatic heterocycles. The zero-order valence-electron chi connectivity index (χ0n) is 11.5. The van der Waals surface area contributed by atoms with Gasteiger partial charge in [0.25, 0.3) is 0 Å². The van der Waals surface area contributed by atoms with Gasteiger partial charge in [-0.15, -0.1) is 0 Å². The van der Waals surface area contributed by atoms with E-state index in [1.54, 1.807) is 6.20 Å². The summed E-state index contributed by atoms with van der Waals surface area (Å²) in [5.41, 5.74) is 0.756. The summed E-state index contributed by atoms with van der Waals surface area (Å²) in [5.74, 6) is 3.74. The minimum Gasteiger partial charge on any atom is -0.339 e. The summed E-state index contributed by atoms with van der Waals surface area (Å²) in [6.07, 6.45) is 2.87. The molecule has 0 aliphatic carbocycles. The molecule has 1 aliphatic rings. The van der Waals surface area contributed by atoms with Crippen LogP contribution in [-0.4, -0.2) is 39.2 Å². The normalized spacial score (nSPS) is 22.2. The van der Waals surface area contributed by atoms with Crippen LogP contribution in [0.4, 0.5) is 0 Å². The van der Waals surface area contributed by atoms with Gasteiger partial charge >= 0.3 is 0 Å². The van der Waals surface area contributed by atoms with Crippen molar-refractivity contribution in [3.63, 3.8) is 0 Å². The molecule has 2 aromatic rings. The Morgan fingerprint density at radius 3 is 3.15 bits per heavy atom. The number of nitrogens with zero attached hydrogens (tertiary/aromatic N) is 3. The first-order chi connectivity index (χ1) is 9.88. The number of aromatic nitrogens is 3. The molecular formula is C14H18N4OS. The zero-order valence-corrected chi connectivity index (χ0v) is 12.3. The highest BCUT2D eigenvalue weighted by atomic mass is 32.2. The summed E-state index contributed by atoms with van der Waals surface area (Å²) < 4.78 is 5.46. The molecule has 20 heavy (non-hydrogen) atoms. The van der Waals surface area contributed by atoms with Crippen molar-refractivity contribution in [2.24, 2.45) is 0 Å². The molecule has 0 spiro atoms. The van der Waals surface area contributed by atoms with Gasteiger partial charge in [0, 0.05) is 23.7 Å². The lowest BCUT2D eigenvalue weighted by molar-refractivity contribution is 0.339. The van der Waals surface area contributed by atoms with Crippen molar-refractivity contribution in [2.75, 3.05) is 18.1 Å². The van der Waals surface area contributed by atoms with Gasteiger partial charge in [-0.05, 0) is 25.1 Å². The van der Waals surface area contributed by atoms with E-state index < -0.39 is 0 Å². The van der Waals surface area contributed by atoms with Gasteiger partial charge in [0.15, 0.2) is 0 Å². The molecule has 0 radical (unpaired) electrons. The quantitative estimate of drug-likeness (QED) is 0.912. The Kier molecular flexibility index (Phi) is 4.32. The summed E-state index contributed by atoms with van der Waals surface area (Å²) in [7, 11) is 0. The Bertz CT molecular complexity index is 545. The third kappa shape index (κ3) is 2.86.